The van der Waals surface area contributed by atoms with Crippen molar-refractivity contribution in [3.8, 4) is 0 Å². The van der Waals surface area contributed by atoms with E-state index >= 15 is 0 Å². The standard InChI is InChI=1S/C20H23N5O/c1-5-6-13(2)19-23-17-11-16(14(3)15(4)21)12-22-18(17)20(24-19)25-7-9-26-10-8-25/h5-6,11-12,21H,2-3,7-10H2,1,4H3. The predicted octanol–water partition coefficient (Wildman–Crippen LogP) is 3.50. The van der Waals surface area contributed by atoms with Gasteiger partial charge in [-0.05, 0) is 25.5 Å². The molecule has 26 heavy (non-hydrogen) atoms. The van der Waals surface area contributed by atoms with Crippen LogP contribution in [0.15, 0.2) is 37.6 Å². The molecule has 1 N–H and O–H groups in total. The molecule has 0 saturated carbocycles. The lowest BCUT2D eigenvalue weighted by atomic mass is 10.1. The van der Waals surface area contributed by atoms with Gasteiger partial charge in [-0.15, -0.1) is 0 Å². The number of morpholine rings is 1. The van der Waals surface area contributed by atoms with Gasteiger partial charge in [0.05, 0.1) is 18.7 Å². The van der Waals surface area contributed by atoms with Crippen LogP contribution in [0.5, 0.6) is 0 Å². The highest BCUT2D eigenvalue weighted by Crippen LogP contribution is 2.27. The number of allylic oxidation sites excluding steroid dienone is 4. The normalized spacial score (nSPS) is 14.8. The first-order chi connectivity index (χ1) is 12.5. The van der Waals surface area contributed by atoms with Gasteiger partial charge in [0.1, 0.15) is 5.52 Å². The van der Waals surface area contributed by atoms with Gasteiger partial charge in [0.15, 0.2) is 11.6 Å². The van der Waals surface area contributed by atoms with Crippen molar-refractivity contribution in [1.29, 1.82) is 5.41 Å². The molecule has 1 aliphatic heterocycles. The second kappa shape index (κ2) is 7.58. The molecule has 0 aromatic carbocycles. The molecule has 6 heteroatoms. The van der Waals surface area contributed by atoms with Gasteiger partial charge in [-0.25, -0.2) is 9.97 Å². The van der Waals surface area contributed by atoms with Crippen molar-refractivity contribution < 1.29 is 4.74 Å². The lowest BCUT2D eigenvalue weighted by Gasteiger charge is -2.28. The summed E-state index contributed by atoms with van der Waals surface area (Å²) in [6.07, 6.45) is 5.54. The zero-order valence-corrected chi connectivity index (χ0v) is 15.2. The number of hydrogen-bond donors (Lipinski definition) is 1. The Kier molecular flexibility index (Phi) is 5.23. The second-order valence-electron chi connectivity index (χ2n) is 6.19. The molecule has 0 aliphatic carbocycles. The van der Waals surface area contributed by atoms with E-state index < -0.39 is 0 Å². The number of anilines is 1. The largest absolute Gasteiger partial charge is 0.378 e. The van der Waals surface area contributed by atoms with E-state index in [0.717, 1.165) is 41.1 Å². The molecule has 2 aromatic rings. The third kappa shape index (κ3) is 3.55. The Morgan fingerprint density at radius 1 is 1.27 bits per heavy atom. The third-order valence-electron chi connectivity index (χ3n) is 4.28. The average molecular weight is 349 g/mol. The molecule has 0 bridgehead atoms. The van der Waals surface area contributed by atoms with Crippen LogP contribution < -0.4 is 4.90 Å². The average Bonchev–Trinajstić information content (AvgIpc) is 2.66. The van der Waals surface area contributed by atoms with Gasteiger partial charge in [0.2, 0.25) is 0 Å². The molecule has 3 rings (SSSR count). The summed E-state index contributed by atoms with van der Waals surface area (Å²) in [5, 5.41) is 7.81. The van der Waals surface area contributed by atoms with Gasteiger partial charge >= 0.3 is 0 Å². The quantitative estimate of drug-likeness (QED) is 0.660. The molecule has 134 valence electrons. The van der Waals surface area contributed by atoms with E-state index in [0.29, 0.717) is 30.3 Å². The van der Waals surface area contributed by atoms with Crippen LogP contribution in [0.3, 0.4) is 0 Å². The Balaban J connectivity index is 2.17. The first-order valence-corrected chi connectivity index (χ1v) is 8.58. The molecule has 0 spiro atoms. The molecular weight excluding hydrogens is 326 g/mol. The summed E-state index contributed by atoms with van der Waals surface area (Å²) < 4.78 is 5.46. The summed E-state index contributed by atoms with van der Waals surface area (Å²) in [4.78, 5) is 16.2. The SMILES string of the molecule is C=C(C(C)=N)c1cnc2c(N3CCOCC3)nc(C(=C)C=CC)nc2c1. The van der Waals surface area contributed by atoms with Crippen LogP contribution in [-0.2, 0) is 4.74 Å². The van der Waals surface area contributed by atoms with Gasteiger partial charge < -0.3 is 15.0 Å². The monoisotopic (exact) mass is 349 g/mol. The Labute approximate surface area is 153 Å². The van der Waals surface area contributed by atoms with Crippen LogP contribution in [0.2, 0.25) is 0 Å². The van der Waals surface area contributed by atoms with E-state index in [1.165, 1.54) is 0 Å². The molecule has 3 heterocycles. The number of fused-ring (bicyclic) bond motifs is 1. The predicted molar refractivity (Wildman–Crippen MR) is 107 cm³/mol. The molecule has 1 aliphatic rings. The van der Waals surface area contributed by atoms with Crippen molar-refractivity contribution in [1.82, 2.24) is 15.0 Å². The number of hydrogen-bond acceptors (Lipinski definition) is 6. The maximum atomic E-state index is 7.81. The van der Waals surface area contributed by atoms with Gasteiger partial charge in [0, 0.05) is 36.1 Å². The van der Waals surface area contributed by atoms with Gasteiger partial charge in [-0.3, -0.25) is 4.98 Å². The summed E-state index contributed by atoms with van der Waals surface area (Å²) in [6, 6.07) is 1.92. The van der Waals surface area contributed by atoms with Crippen molar-refractivity contribution in [2.75, 3.05) is 31.2 Å². The van der Waals surface area contributed by atoms with Crippen molar-refractivity contribution >= 4 is 33.7 Å². The number of aromatic nitrogens is 3. The van der Waals surface area contributed by atoms with Crippen molar-refractivity contribution in [3.63, 3.8) is 0 Å². The minimum absolute atomic E-state index is 0.409. The van der Waals surface area contributed by atoms with Gasteiger partial charge in [-0.1, -0.05) is 25.3 Å². The van der Waals surface area contributed by atoms with E-state index in [9.17, 15) is 0 Å². The van der Waals surface area contributed by atoms with Crippen molar-refractivity contribution in [2.24, 2.45) is 0 Å². The van der Waals surface area contributed by atoms with Crippen LogP contribution in [0.4, 0.5) is 5.82 Å². The Hall–Kier alpha value is -2.86. The van der Waals surface area contributed by atoms with E-state index in [-0.39, 0.29) is 0 Å². The van der Waals surface area contributed by atoms with Crippen LogP contribution in [0.1, 0.15) is 25.2 Å². The van der Waals surface area contributed by atoms with Crippen LogP contribution >= 0.6 is 0 Å². The zero-order valence-electron chi connectivity index (χ0n) is 15.2. The van der Waals surface area contributed by atoms with E-state index in [1.54, 1.807) is 13.1 Å². The fourth-order valence-corrected chi connectivity index (χ4v) is 2.80. The van der Waals surface area contributed by atoms with E-state index in [1.807, 2.05) is 25.1 Å². The zero-order chi connectivity index (χ0) is 18.7. The molecule has 0 atom stereocenters. The maximum Gasteiger partial charge on any atom is 0.161 e. The van der Waals surface area contributed by atoms with E-state index in [2.05, 4.69) is 28.0 Å². The molecule has 1 fully saturated rings. The topological polar surface area (TPSA) is 75.0 Å². The Morgan fingerprint density at radius 2 is 2.00 bits per heavy atom. The second-order valence-corrected chi connectivity index (χ2v) is 6.19. The molecule has 6 nitrogen and oxygen atoms in total. The summed E-state index contributed by atoms with van der Waals surface area (Å²) in [5.41, 5.74) is 4.05. The van der Waals surface area contributed by atoms with Gasteiger partial charge in [-0.2, -0.15) is 0 Å². The summed E-state index contributed by atoms with van der Waals surface area (Å²) >= 11 is 0. The summed E-state index contributed by atoms with van der Waals surface area (Å²) in [6.45, 7) is 14.5. The highest BCUT2D eigenvalue weighted by molar-refractivity contribution is 6.20. The maximum absolute atomic E-state index is 7.81. The van der Waals surface area contributed by atoms with E-state index in [4.69, 9.17) is 15.1 Å². The van der Waals surface area contributed by atoms with Crippen molar-refractivity contribution in [2.45, 2.75) is 13.8 Å². The van der Waals surface area contributed by atoms with Crippen LogP contribution in [0, 0.1) is 5.41 Å². The van der Waals surface area contributed by atoms with Gasteiger partial charge in [0.25, 0.3) is 0 Å². The highest BCUT2D eigenvalue weighted by atomic mass is 16.5. The Morgan fingerprint density at radius 3 is 2.65 bits per heavy atom. The molecule has 0 amide bonds. The highest BCUT2D eigenvalue weighted by Gasteiger charge is 2.19. The number of pyridine rings is 1. The lowest BCUT2D eigenvalue weighted by Crippen LogP contribution is -2.37. The number of ether oxygens (including phenoxy) is 1. The number of rotatable bonds is 5. The Bertz CT molecular complexity index is 910. The first kappa shape index (κ1) is 17.9. The van der Waals surface area contributed by atoms with Crippen LogP contribution in [-0.4, -0.2) is 47.0 Å². The third-order valence-corrected chi connectivity index (χ3v) is 4.28. The molecule has 0 unspecified atom stereocenters. The summed E-state index contributed by atoms with van der Waals surface area (Å²) in [7, 11) is 0. The smallest absolute Gasteiger partial charge is 0.161 e. The number of nitrogens with zero attached hydrogens (tertiary/aromatic N) is 4. The molecule has 0 radical (unpaired) electrons. The molecular formula is C20H23N5O. The number of nitrogens with one attached hydrogen (secondary N) is 1. The minimum atomic E-state index is 0.409. The summed E-state index contributed by atoms with van der Waals surface area (Å²) in [5.74, 6) is 1.37. The molecule has 2 aromatic heterocycles. The molecule has 1 saturated heterocycles. The first-order valence-electron chi connectivity index (χ1n) is 8.58. The van der Waals surface area contributed by atoms with Crippen molar-refractivity contribution in [3.05, 3.63) is 49.0 Å². The fraction of sp³-hybridized carbons (Fsp3) is 0.300. The lowest BCUT2D eigenvalue weighted by molar-refractivity contribution is 0.122. The van der Waals surface area contributed by atoms with Crippen LogP contribution in [0.25, 0.3) is 22.2 Å². The fourth-order valence-electron chi connectivity index (χ4n) is 2.80. The minimum Gasteiger partial charge on any atom is -0.378 e.